The molecule has 0 aliphatic heterocycles. The standard InChI is InChI=1S/C18H22FNO/c1-18(2,3)14-10-6-5-8-12(14)17(20)13-9-7-11-15(21-4)16(13)19/h5-11,17H,20H2,1-4H3. The van der Waals surface area contributed by atoms with E-state index in [0.29, 0.717) is 5.56 Å². The van der Waals surface area contributed by atoms with Gasteiger partial charge in [-0.1, -0.05) is 57.2 Å². The van der Waals surface area contributed by atoms with E-state index in [0.717, 1.165) is 11.1 Å². The van der Waals surface area contributed by atoms with Crippen LogP contribution in [0, 0.1) is 5.82 Å². The molecule has 0 aliphatic rings. The Morgan fingerprint density at radius 3 is 2.24 bits per heavy atom. The zero-order chi connectivity index (χ0) is 15.6. The molecular weight excluding hydrogens is 265 g/mol. The molecule has 1 atom stereocenters. The molecule has 112 valence electrons. The molecule has 1 unspecified atom stereocenters. The first-order valence-electron chi connectivity index (χ1n) is 7.03. The summed E-state index contributed by atoms with van der Waals surface area (Å²) < 4.78 is 19.5. The van der Waals surface area contributed by atoms with Crippen LogP contribution in [0.2, 0.25) is 0 Å². The summed E-state index contributed by atoms with van der Waals surface area (Å²) in [5.41, 5.74) is 8.81. The van der Waals surface area contributed by atoms with E-state index in [1.54, 1.807) is 18.2 Å². The normalized spacial score (nSPS) is 13.0. The summed E-state index contributed by atoms with van der Waals surface area (Å²) in [7, 11) is 1.46. The molecule has 21 heavy (non-hydrogen) atoms. The Kier molecular flexibility index (Phi) is 4.33. The van der Waals surface area contributed by atoms with Gasteiger partial charge in [0, 0.05) is 5.56 Å². The van der Waals surface area contributed by atoms with Crippen LogP contribution in [0.5, 0.6) is 5.75 Å². The molecule has 0 fully saturated rings. The van der Waals surface area contributed by atoms with Crippen molar-refractivity contribution in [3.8, 4) is 5.75 Å². The van der Waals surface area contributed by atoms with Crippen molar-refractivity contribution < 1.29 is 9.13 Å². The van der Waals surface area contributed by atoms with Crippen molar-refractivity contribution in [2.75, 3.05) is 7.11 Å². The van der Waals surface area contributed by atoms with E-state index in [2.05, 4.69) is 20.8 Å². The summed E-state index contributed by atoms with van der Waals surface area (Å²) in [6.07, 6.45) is 0. The predicted octanol–water partition coefficient (Wildman–Crippen LogP) is 4.18. The monoisotopic (exact) mass is 287 g/mol. The molecule has 0 saturated carbocycles. The second-order valence-electron chi connectivity index (χ2n) is 6.18. The van der Waals surface area contributed by atoms with Gasteiger partial charge >= 0.3 is 0 Å². The van der Waals surface area contributed by atoms with E-state index in [1.807, 2.05) is 24.3 Å². The zero-order valence-electron chi connectivity index (χ0n) is 13.0. The third-order valence-electron chi connectivity index (χ3n) is 3.65. The minimum Gasteiger partial charge on any atom is -0.494 e. The predicted molar refractivity (Wildman–Crippen MR) is 84.1 cm³/mol. The van der Waals surface area contributed by atoms with E-state index in [4.69, 9.17) is 10.5 Å². The molecule has 2 N–H and O–H groups in total. The van der Waals surface area contributed by atoms with Gasteiger partial charge < -0.3 is 10.5 Å². The maximum atomic E-state index is 14.4. The quantitative estimate of drug-likeness (QED) is 0.919. The fraction of sp³-hybridized carbons (Fsp3) is 0.333. The van der Waals surface area contributed by atoms with Crippen LogP contribution in [-0.4, -0.2) is 7.11 Å². The lowest BCUT2D eigenvalue weighted by Crippen LogP contribution is -2.21. The molecule has 2 aromatic carbocycles. The lowest BCUT2D eigenvalue weighted by Gasteiger charge is -2.26. The van der Waals surface area contributed by atoms with Crippen LogP contribution in [0.25, 0.3) is 0 Å². The summed E-state index contributed by atoms with van der Waals surface area (Å²) >= 11 is 0. The first kappa shape index (κ1) is 15.5. The van der Waals surface area contributed by atoms with Crippen molar-refractivity contribution in [1.82, 2.24) is 0 Å². The number of ether oxygens (including phenoxy) is 1. The van der Waals surface area contributed by atoms with Crippen LogP contribution in [0.1, 0.15) is 43.5 Å². The van der Waals surface area contributed by atoms with Gasteiger partial charge in [0.25, 0.3) is 0 Å². The van der Waals surface area contributed by atoms with E-state index in [9.17, 15) is 4.39 Å². The third kappa shape index (κ3) is 3.08. The largest absolute Gasteiger partial charge is 0.494 e. The molecule has 0 aliphatic carbocycles. The molecule has 3 heteroatoms. The molecular formula is C18H22FNO. The number of rotatable bonds is 3. The van der Waals surface area contributed by atoms with Crippen molar-refractivity contribution in [3.05, 3.63) is 65.0 Å². The van der Waals surface area contributed by atoms with Crippen molar-refractivity contribution in [1.29, 1.82) is 0 Å². The average molecular weight is 287 g/mol. The second kappa shape index (κ2) is 5.86. The second-order valence-corrected chi connectivity index (χ2v) is 6.18. The Bertz CT molecular complexity index is 631. The third-order valence-corrected chi connectivity index (χ3v) is 3.65. The minimum absolute atomic E-state index is 0.0520. The van der Waals surface area contributed by atoms with E-state index in [-0.39, 0.29) is 11.2 Å². The average Bonchev–Trinajstić information content (AvgIpc) is 2.46. The van der Waals surface area contributed by atoms with Gasteiger partial charge in [-0.25, -0.2) is 4.39 Å². The SMILES string of the molecule is COc1cccc(C(N)c2ccccc2C(C)(C)C)c1F. The Balaban J connectivity index is 2.54. The van der Waals surface area contributed by atoms with E-state index in [1.165, 1.54) is 7.11 Å². The van der Waals surface area contributed by atoms with Crippen LogP contribution in [0.3, 0.4) is 0 Å². The number of halogens is 1. The van der Waals surface area contributed by atoms with Gasteiger partial charge in [0.1, 0.15) is 0 Å². The Labute approximate surface area is 125 Å². The summed E-state index contributed by atoms with van der Waals surface area (Å²) in [5, 5.41) is 0. The Morgan fingerprint density at radius 1 is 1.00 bits per heavy atom. The molecule has 0 radical (unpaired) electrons. The first-order chi connectivity index (χ1) is 9.86. The van der Waals surface area contributed by atoms with E-state index < -0.39 is 11.9 Å². The fourth-order valence-electron chi connectivity index (χ4n) is 2.54. The highest BCUT2D eigenvalue weighted by Crippen LogP contribution is 2.33. The van der Waals surface area contributed by atoms with Gasteiger partial charge in [-0.2, -0.15) is 0 Å². The van der Waals surface area contributed by atoms with Gasteiger partial charge in [-0.3, -0.25) is 0 Å². The molecule has 2 aromatic rings. The first-order valence-corrected chi connectivity index (χ1v) is 7.03. The fourth-order valence-corrected chi connectivity index (χ4v) is 2.54. The van der Waals surface area contributed by atoms with Gasteiger partial charge in [0.2, 0.25) is 0 Å². The van der Waals surface area contributed by atoms with Gasteiger partial charge in [-0.15, -0.1) is 0 Å². The number of benzene rings is 2. The lowest BCUT2D eigenvalue weighted by molar-refractivity contribution is 0.383. The molecule has 0 bridgehead atoms. The maximum absolute atomic E-state index is 14.4. The maximum Gasteiger partial charge on any atom is 0.170 e. The number of methoxy groups -OCH3 is 1. The van der Waals surface area contributed by atoms with Crippen molar-refractivity contribution in [2.24, 2.45) is 5.73 Å². The van der Waals surface area contributed by atoms with Crippen LogP contribution < -0.4 is 10.5 Å². The molecule has 0 aromatic heterocycles. The summed E-state index contributed by atoms with van der Waals surface area (Å²) in [5.74, 6) is -0.174. The van der Waals surface area contributed by atoms with Gasteiger partial charge in [0.15, 0.2) is 11.6 Å². The minimum atomic E-state index is -0.518. The molecule has 0 spiro atoms. The highest BCUT2D eigenvalue weighted by Gasteiger charge is 2.23. The molecule has 2 rings (SSSR count). The number of nitrogens with two attached hydrogens (primary N) is 1. The van der Waals surface area contributed by atoms with Gasteiger partial charge in [-0.05, 0) is 22.6 Å². The number of hydrogen-bond acceptors (Lipinski definition) is 2. The van der Waals surface area contributed by atoms with E-state index >= 15 is 0 Å². The Morgan fingerprint density at radius 2 is 1.62 bits per heavy atom. The molecule has 0 saturated heterocycles. The molecule has 2 nitrogen and oxygen atoms in total. The summed E-state index contributed by atoms with van der Waals surface area (Å²) in [6, 6.07) is 12.5. The Hall–Kier alpha value is -1.87. The van der Waals surface area contributed by atoms with Crippen LogP contribution in [-0.2, 0) is 5.41 Å². The zero-order valence-corrected chi connectivity index (χ0v) is 13.0. The summed E-state index contributed by atoms with van der Waals surface area (Å²) in [6.45, 7) is 6.38. The topological polar surface area (TPSA) is 35.2 Å². The highest BCUT2D eigenvalue weighted by molar-refractivity contribution is 5.43. The molecule has 0 amide bonds. The van der Waals surface area contributed by atoms with Crippen molar-refractivity contribution >= 4 is 0 Å². The summed E-state index contributed by atoms with van der Waals surface area (Å²) in [4.78, 5) is 0. The van der Waals surface area contributed by atoms with Crippen LogP contribution in [0.4, 0.5) is 4.39 Å². The molecule has 0 heterocycles. The van der Waals surface area contributed by atoms with Crippen molar-refractivity contribution in [3.63, 3.8) is 0 Å². The van der Waals surface area contributed by atoms with Crippen LogP contribution >= 0.6 is 0 Å². The van der Waals surface area contributed by atoms with Crippen molar-refractivity contribution in [2.45, 2.75) is 32.2 Å². The van der Waals surface area contributed by atoms with Gasteiger partial charge in [0.05, 0.1) is 13.2 Å². The smallest absolute Gasteiger partial charge is 0.170 e. The number of hydrogen-bond donors (Lipinski definition) is 1. The highest BCUT2D eigenvalue weighted by atomic mass is 19.1. The lowest BCUT2D eigenvalue weighted by atomic mass is 9.80. The van der Waals surface area contributed by atoms with Crippen LogP contribution in [0.15, 0.2) is 42.5 Å².